The van der Waals surface area contributed by atoms with Crippen LogP contribution in [0, 0.1) is 5.92 Å². The van der Waals surface area contributed by atoms with Gasteiger partial charge in [-0.15, -0.1) is 0 Å². The Morgan fingerprint density at radius 3 is 2.94 bits per heavy atom. The van der Waals surface area contributed by atoms with Crippen LogP contribution in [0.3, 0.4) is 0 Å². The second kappa shape index (κ2) is 6.26. The molecule has 2 rings (SSSR count). The maximum Gasteiger partial charge on any atom is 0.0639 e. The Morgan fingerprint density at radius 1 is 1.31 bits per heavy atom. The summed E-state index contributed by atoms with van der Waals surface area (Å²) in [5.41, 5.74) is 1.14. The minimum absolute atomic E-state index is 0.791. The lowest BCUT2D eigenvalue weighted by Gasteiger charge is -2.07. The number of anilines is 1. The Morgan fingerprint density at radius 2 is 2.19 bits per heavy atom. The maximum atomic E-state index is 5.56. The van der Waals surface area contributed by atoms with Gasteiger partial charge in [-0.05, 0) is 30.5 Å². The standard InChI is InChI=1S/C13H18BrNO/c14-12-2-1-3-13(10-12)15-7-9-16-8-6-11-4-5-11/h1-3,10-11,15H,4-9H2. The zero-order valence-electron chi connectivity index (χ0n) is 9.42. The van der Waals surface area contributed by atoms with E-state index in [-0.39, 0.29) is 0 Å². The van der Waals surface area contributed by atoms with E-state index in [2.05, 4.69) is 33.4 Å². The van der Waals surface area contributed by atoms with E-state index in [1.807, 2.05) is 12.1 Å². The minimum atomic E-state index is 0.791. The summed E-state index contributed by atoms with van der Waals surface area (Å²) < 4.78 is 6.67. The Hall–Kier alpha value is -0.540. The molecule has 0 heterocycles. The van der Waals surface area contributed by atoms with E-state index in [4.69, 9.17) is 4.74 Å². The molecule has 0 radical (unpaired) electrons. The van der Waals surface area contributed by atoms with Crippen molar-refractivity contribution in [2.24, 2.45) is 5.92 Å². The van der Waals surface area contributed by atoms with Gasteiger partial charge in [-0.2, -0.15) is 0 Å². The molecule has 16 heavy (non-hydrogen) atoms. The van der Waals surface area contributed by atoms with E-state index >= 15 is 0 Å². The van der Waals surface area contributed by atoms with Gasteiger partial charge in [-0.1, -0.05) is 34.8 Å². The Kier molecular flexibility index (Phi) is 4.67. The average Bonchev–Trinajstić information content (AvgIpc) is 3.07. The molecule has 1 fully saturated rings. The summed E-state index contributed by atoms with van der Waals surface area (Å²) in [5, 5.41) is 3.33. The van der Waals surface area contributed by atoms with Crippen LogP contribution in [0.4, 0.5) is 5.69 Å². The monoisotopic (exact) mass is 283 g/mol. The van der Waals surface area contributed by atoms with Gasteiger partial charge in [0.05, 0.1) is 6.61 Å². The Labute approximate surface area is 106 Å². The van der Waals surface area contributed by atoms with E-state index in [0.717, 1.165) is 35.8 Å². The average molecular weight is 284 g/mol. The first-order chi connectivity index (χ1) is 7.84. The molecule has 0 aliphatic heterocycles. The van der Waals surface area contributed by atoms with Crippen LogP contribution in [0.5, 0.6) is 0 Å². The number of hydrogen-bond donors (Lipinski definition) is 1. The van der Waals surface area contributed by atoms with Crippen molar-refractivity contribution in [1.29, 1.82) is 0 Å². The van der Waals surface area contributed by atoms with Crippen molar-refractivity contribution >= 4 is 21.6 Å². The topological polar surface area (TPSA) is 21.3 Å². The molecule has 1 N–H and O–H groups in total. The van der Waals surface area contributed by atoms with Gasteiger partial charge in [0.25, 0.3) is 0 Å². The van der Waals surface area contributed by atoms with Crippen LogP contribution in [-0.4, -0.2) is 19.8 Å². The third-order valence-electron chi connectivity index (χ3n) is 2.77. The van der Waals surface area contributed by atoms with Crippen LogP contribution < -0.4 is 5.32 Å². The van der Waals surface area contributed by atoms with Crippen LogP contribution in [0.15, 0.2) is 28.7 Å². The predicted molar refractivity (Wildman–Crippen MR) is 70.8 cm³/mol. The zero-order chi connectivity index (χ0) is 11.2. The molecule has 1 aliphatic rings. The highest BCUT2D eigenvalue weighted by Gasteiger charge is 2.20. The number of benzene rings is 1. The Bertz CT molecular complexity index is 325. The normalized spacial score (nSPS) is 15.1. The predicted octanol–water partition coefficient (Wildman–Crippen LogP) is 3.68. The van der Waals surface area contributed by atoms with Gasteiger partial charge in [-0.3, -0.25) is 0 Å². The van der Waals surface area contributed by atoms with Gasteiger partial charge in [-0.25, -0.2) is 0 Å². The third kappa shape index (κ3) is 4.54. The Balaban J connectivity index is 1.53. The van der Waals surface area contributed by atoms with E-state index in [1.54, 1.807) is 0 Å². The first-order valence-electron chi connectivity index (χ1n) is 5.92. The molecular formula is C13H18BrNO. The zero-order valence-corrected chi connectivity index (χ0v) is 11.0. The summed E-state index contributed by atoms with van der Waals surface area (Å²) in [6.07, 6.45) is 4.08. The van der Waals surface area contributed by atoms with E-state index in [0.29, 0.717) is 0 Å². The van der Waals surface area contributed by atoms with E-state index in [1.165, 1.54) is 19.3 Å². The lowest BCUT2D eigenvalue weighted by atomic mass is 10.3. The number of rotatable bonds is 7. The highest BCUT2D eigenvalue weighted by molar-refractivity contribution is 9.10. The number of nitrogens with one attached hydrogen (secondary N) is 1. The quantitative estimate of drug-likeness (QED) is 0.771. The number of hydrogen-bond acceptors (Lipinski definition) is 2. The van der Waals surface area contributed by atoms with Crippen LogP contribution in [0.2, 0.25) is 0 Å². The fourth-order valence-corrected chi connectivity index (χ4v) is 2.02. The van der Waals surface area contributed by atoms with Gasteiger partial charge in [0.15, 0.2) is 0 Å². The maximum absolute atomic E-state index is 5.56. The van der Waals surface area contributed by atoms with Crippen molar-refractivity contribution in [3.05, 3.63) is 28.7 Å². The van der Waals surface area contributed by atoms with Crippen molar-refractivity contribution in [3.63, 3.8) is 0 Å². The smallest absolute Gasteiger partial charge is 0.0639 e. The third-order valence-corrected chi connectivity index (χ3v) is 3.26. The molecule has 1 aromatic rings. The highest BCUT2D eigenvalue weighted by atomic mass is 79.9. The molecule has 0 spiro atoms. The molecule has 0 unspecified atom stereocenters. The van der Waals surface area contributed by atoms with Crippen LogP contribution >= 0.6 is 15.9 Å². The van der Waals surface area contributed by atoms with E-state index in [9.17, 15) is 0 Å². The molecule has 0 aromatic heterocycles. The van der Waals surface area contributed by atoms with Crippen LogP contribution in [0.1, 0.15) is 19.3 Å². The molecule has 88 valence electrons. The largest absolute Gasteiger partial charge is 0.383 e. The first kappa shape index (κ1) is 11.9. The first-order valence-corrected chi connectivity index (χ1v) is 6.71. The van der Waals surface area contributed by atoms with Crippen molar-refractivity contribution in [2.45, 2.75) is 19.3 Å². The molecule has 0 bridgehead atoms. The molecule has 1 saturated carbocycles. The van der Waals surface area contributed by atoms with Crippen LogP contribution in [-0.2, 0) is 4.74 Å². The van der Waals surface area contributed by atoms with Crippen molar-refractivity contribution < 1.29 is 4.74 Å². The molecule has 0 saturated heterocycles. The summed E-state index contributed by atoms with van der Waals surface area (Å²) >= 11 is 3.45. The van der Waals surface area contributed by atoms with Gasteiger partial charge in [0.2, 0.25) is 0 Å². The molecule has 2 nitrogen and oxygen atoms in total. The molecule has 1 aromatic carbocycles. The minimum Gasteiger partial charge on any atom is -0.383 e. The molecule has 0 atom stereocenters. The van der Waals surface area contributed by atoms with Gasteiger partial charge in [0, 0.05) is 23.3 Å². The summed E-state index contributed by atoms with van der Waals surface area (Å²) in [5.74, 6) is 0.970. The fraction of sp³-hybridized carbons (Fsp3) is 0.538. The van der Waals surface area contributed by atoms with Gasteiger partial charge in [0.1, 0.15) is 0 Å². The fourth-order valence-electron chi connectivity index (χ4n) is 1.62. The van der Waals surface area contributed by atoms with Crippen molar-refractivity contribution in [2.75, 3.05) is 25.1 Å². The van der Waals surface area contributed by atoms with Crippen LogP contribution in [0.25, 0.3) is 0 Å². The number of halogens is 1. The van der Waals surface area contributed by atoms with Gasteiger partial charge >= 0.3 is 0 Å². The molecule has 3 heteroatoms. The molecule has 1 aliphatic carbocycles. The lowest BCUT2D eigenvalue weighted by Crippen LogP contribution is -2.10. The second-order valence-electron chi connectivity index (χ2n) is 4.28. The SMILES string of the molecule is Brc1cccc(NCCOCCC2CC2)c1. The molecular weight excluding hydrogens is 266 g/mol. The number of ether oxygens (including phenoxy) is 1. The van der Waals surface area contributed by atoms with Gasteiger partial charge < -0.3 is 10.1 Å². The molecule has 0 amide bonds. The summed E-state index contributed by atoms with van der Waals surface area (Å²) in [7, 11) is 0. The lowest BCUT2D eigenvalue weighted by molar-refractivity contribution is 0.137. The summed E-state index contributed by atoms with van der Waals surface area (Å²) in [6.45, 7) is 2.59. The van der Waals surface area contributed by atoms with Crippen molar-refractivity contribution in [3.8, 4) is 0 Å². The highest BCUT2D eigenvalue weighted by Crippen LogP contribution is 2.31. The second-order valence-corrected chi connectivity index (χ2v) is 5.20. The van der Waals surface area contributed by atoms with E-state index < -0.39 is 0 Å². The summed E-state index contributed by atoms with van der Waals surface area (Å²) in [6, 6.07) is 8.19. The summed E-state index contributed by atoms with van der Waals surface area (Å²) in [4.78, 5) is 0. The van der Waals surface area contributed by atoms with Crippen molar-refractivity contribution in [1.82, 2.24) is 0 Å².